The van der Waals surface area contributed by atoms with Crippen LogP contribution in [-0.2, 0) is 6.54 Å². The Kier molecular flexibility index (Phi) is 8.32. The van der Waals surface area contributed by atoms with Gasteiger partial charge in [-0.05, 0) is 68.7 Å². The molecule has 1 aliphatic rings. The maximum absolute atomic E-state index is 12.8. The molecule has 1 fully saturated rings. The van der Waals surface area contributed by atoms with E-state index in [1.807, 2.05) is 49.1 Å². The van der Waals surface area contributed by atoms with Crippen LogP contribution in [0.4, 0.5) is 11.4 Å². The van der Waals surface area contributed by atoms with Crippen molar-refractivity contribution in [1.82, 2.24) is 9.80 Å². The fourth-order valence-electron chi connectivity index (χ4n) is 4.87. The van der Waals surface area contributed by atoms with Crippen molar-refractivity contribution >= 4 is 28.9 Å². The standard InChI is InChI=1S/C29H34ClN3O2/c1-3-32(4-2)29(35)23-10-12-24(13-11-23)33(28-20-26(34)14-15-27(28)30)25-16-18-31(19-17-25)21-22-8-6-5-7-9-22/h5-15,20,25,34H,3-4,16-19,21H2,1-2H3. The van der Waals surface area contributed by atoms with Crippen molar-refractivity contribution in [2.45, 2.75) is 39.3 Å². The van der Waals surface area contributed by atoms with Crippen molar-refractivity contribution in [1.29, 1.82) is 0 Å². The Morgan fingerprint density at radius 1 is 0.971 bits per heavy atom. The van der Waals surface area contributed by atoms with E-state index in [0.717, 1.165) is 43.9 Å². The quantitative estimate of drug-likeness (QED) is 0.400. The molecule has 4 rings (SSSR count). The number of phenolic OH excluding ortho intramolecular Hbond substituents is 1. The number of hydrogen-bond acceptors (Lipinski definition) is 4. The molecule has 0 aliphatic carbocycles. The number of halogens is 1. The molecule has 3 aromatic carbocycles. The van der Waals surface area contributed by atoms with Crippen LogP contribution in [0.5, 0.6) is 5.75 Å². The van der Waals surface area contributed by atoms with Gasteiger partial charge in [0.25, 0.3) is 5.91 Å². The van der Waals surface area contributed by atoms with E-state index in [4.69, 9.17) is 11.6 Å². The summed E-state index contributed by atoms with van der Waals surface area (Å²) in [4.78, 5) is 19.3. The maximum Gasteiger partial charge on any atom is 0.253 e. The van der Waals surface area contributed by atoms with Crippen molar-refractivity contribution in [3.63, 3.8) is 0 Å². The number of likely N-dealkylation sites (tertiary alicyclic amines) is 1. The van der Waals surface area contributed by atoms with Gasteiger partial charge in [0, 0.05) is 56.1 Å². The molecule has 0 atom stereocenters. The van der Waals surface area contributed by atoms with Crippen LogP contribution in [0.25, 0.3) is 0 Å². The Balaban J connectivity index is 1.57. The molecule has 3 aromatic rings. The smallest absolute Gasteiger partial charge is 0.253 e. The summed E-state index contributed by atoms with van der Waals surface area (Å²) >= 11 is 6.63. The van der Waals surface area contributed by atoms with E-state index in [2.05, 4.69) is 34.1 Å². The van der Waals surface area contributed by atoms with Gasteiger partial charge < -0.3 is 14.9 Å². The van der Waals surface area contributed by atoms with Gasteiger partial charge in [0.2, 0.25) is 0 Å². The van der Waals surface area contributed by atoms with Crippen LogP contribution in [0.3, 0.4) is 0 Å². The average molecular weight is 492 g/mol. The van der Waals surface area contributed by atoms with Gasteiger partial charge in [-0.2, -0.15) is 0 Å². The molecule has 1 amide bonds. The van der Waals surface area contributed by atoms with Gasteiger partial charge in [-0.1, -0.05) is 41.9 Å². The molecule has 1 saturated heterocycles. The highest BCUT2D eigenvalue weighted by Gasteiger charge is 2.28. The lowest BCUT2D eigenvalue weighted by molar-refractivity contribution is 0.0773. The molecule has 0 aromatic heterocycles. The number of piperidine rings is 1. The monoisotopic (exact) mass is 491 g/mol. The number of phenols is 1. The summed E-state index contributed by atoms with van der Waals surface area (Å²) in [6.07, 6.45) is 1.94. The SMILES string of the molecule is CCN(CC)C(=O)c1ccc(N(c2cc(O)ccc2Cl)C2CCN(Cc3ccccc3)CC2)cc1. The van der Waals surface area contributed by atoms with Crippen molar-refractivity contribution in [2.75, 3.05) is 31.1 Å². The van der Waals surface area contributed by atoms with Gasteiger partial charge in [-0.3, -0.25) is 9.69 Å². The molecule has 0 spiro atoms. The Morgan fingerprint density at radius 2 is 1.63 bits per heavy atom. The molecule has 1 aliphatic heterocycles. The second-order valence-electron chi connectivity index (χ2n) is 9.02. The third-order valence-corrected chi connectivity index (χ3v) is 7.12. The first-order valence-corrected chi connectivity index (χ1v) is 12.8. The van der Waals surface area contributed by atoms with E-state index < -0.39 is 0 Å². The second kappa shape index (κ2) is 11.6. The van der Waals surface area contributed by atoms with E-state index in [1.165, 1.54) is 5.56 Å². The Bertz CT molecular complexity index is 1110. The van der Waals surface area contributed by atoms with Crippen LogP contribution < -0.4 is 4.90 Å². The lowest BCUT2D eigenvalue weighted by atomic mass is 10.00. The van der Waals surface area contributed by atoms with E-state index in [-0.39, 0.29) is 17.7 Å². The molecule has 0 bridgehead atoms. The number of carbonyl (C=O) groups excluding carboxylic acids is 1. The van der Waals surface area contributed by atoms with Crippen LogP contribution in [0, 0.1) is 0 Å². The summed E-state index contributed by atoms with van der Waals surface area (Å²) in [7, 11) is 0. The normalized spacial score (nSPS) is 14.6. The maximum atomic E-state index is 12.8. The number of rotatable bonds is 8. The summed E-state index contributed by atoms with van der Waals surface area (Å²) in [5.41, 5.74) is 3.76. The molecule has 1 N–H and O–H groups in total. The number of anilines is 2. The zero-order chi connectivity index (χ0) is 24.8. The molecule has 0 saturated carbocycles. The topological polar surface area (TPSA) is 47.0 Å². The molecule has 0 unspecified atom stereocenters. The molecule has 1 heterocycles. The summed E-state index contributed by atoms with van der Waals surface area (Å²) in [5, 5.41) is 10.8. The minimum Gasteiger partial charge on any atom is -0.508 e. The van der Waals surface area contributed by atoms with Gasteiger partial charge in [-0.15, -0.1) is 0 Å². The van der Waals surface area contributed by atoms with Crippen LogP contribution in [0.1, 0.15) is 42.6 Å². The van der Waals surface area contributed by atoms with Gasteiger partial charge >= 0.3 is 0 Å². The Labute approximate surface area is 213 Å². The highest BCUT2D eigenvalue weighted by Crippen LogP contribution is 2.38. The third-order valence-electron chi connectivity index (χ3n) is 6.80. The largest absolute Gasteiger partial charge is 0.508 e. The zero-order valence-corrected chi connectivity index (χ0v) is 21.3. The number of nitrogens with zero attached hydrogens (tertiary/aromatic N) is 3. The number of aromatic hydroxyl groups is 1. The highest BCUT2D eigenvalue weighted by molar-refractivity contribution is 6.33. The Hall–Kier alpha value is -3.02. The fourth-order valence-corrected chi connectivity index (χ4v) is 5.08. The predicted molar refractivity (Wildman–Crippen MR) is 144 cm³/mol. The van der Waals surface area contributed by atoms with Gasteiger partial charge in [0.1, 0.15) is 5.75 Å². The van der Waals surface area contributed by atoms with Gasteiger partial charge in [0.05, 0.1) is 10.7 Å². The summed E-state index contributed by atoms with van der Waals surface area (Å²) in [6.45, 7) is 8.25. The zero-order valence-electron chi connectivity index (χ0n) is 20.5. The minimum absolute atomic E-state index is 0.0395. The van der Waals surface area contributed by atoms with E-state index in [1.54, 1.807) is 18.2 Å². The second-order valence-corrected chi connectivity index (χ2v) is 9.43. The van der Waals surface area contributed by atoms with Crippen LogP contribution >= 0.6 is 11.6 Å². The van der Waals surface area contributed by atoms with Crippen molar-refractivity contribution in [2.24, 2.45) is 0 Å². The number of carbonyl (C=O) groups is 1. The number of amides is 1. The minimum atomic E-state index is 0.0395. The van der Waals surface area contributed by atoms with E-state index in [0.29, 0.717) is 23.7 Å². The molecule has 6 heteroatoms. The van der Waals surface area contributed by atoms with Crippen molar-refractivity contribution < 1.29 is 9.90 Å². The molecule has 0 radical (unpaired) electrons. The average Bonchev–Trinajstić information content (AvgIpc) is 2.89. The highest BCUT2D eigenvalue weighted by atomic mass is 35.5. The number of hydrogen-bond donors (Lipinski definition) is 1. The Morgan fingerprint density at radius 3 is 2.26 bits per heavy atom. The van der Waals surface area contributed by atoms with Crippen LogP contribution in [0.15, 0.2) is 72.8 Å². The van der Waals surface area contributed by atoms with Crippen molar-refractivity contribution in [3.05, 3.63) is 88.9 Å². The molecular weight excluding hydrogens is 458 g/mol. The summed E-state index contributed by atoms with van der Waals surface area (Å²) in [5.74, 6) is 0.224. The van der Waals surface area contributed by atoms with Crippen molar-refractivity contribution in [3.8, 4) is 5.75 Å². The molecule has 184 valence electrons. The van der Waals surface area contributed by atoms with E-state index in [9.17, 15) is 9.90 Å². The first-order valence-electron chi connectivity index (χ1n) is 12.4. The van der Waals surface area contributed by atoms with Crippen LogP contribution in [-0.4, -0.2) is 53.0 Å². The first-order chi connectivity index (χ1) is 17.0. The lowest BCUT2D eigenvalue weighted by Crippen LogP contribution is -2.43. The molecular formula is C29H34ClN3O2. The molecule has 5 nitrogen and oxygen atoms in total. The fraction of sp³-hybridized carbons (Fsp3) is 0.345. The van der Waals surface area contributed by atoms with Gasteiger partial charge in [0.15, 0.2) is 0 Å². The lowest BCUT2D eigenvalue weighted by Gasteiger charge is -2.40. The number of benzene rings is 3. The van der Waals surface area contributed by atoms with Crippen LogP contribution in [0.2, 0.25) is 5.02 Å². The summed E-state index contributed by atoms with van der Waals surface area (Å²) in [6, 6.07) is 23.6. The predicted octanol–water partition coefficient (Wildman–Crippen LogP) is 6.33. The first kappa shape index (κ1) is 25.1. The molecule has 35 heavy (non-hydrogen) atoms. The van der Waals surface area contributed by atoms with Gasteiger partial charge in [-0.25, -0.2) is 0 Å². The third kappa shape index (κ3) is 5.98. The van der Waals surface area contributed by atoms with E-state index >= 15 is 0 Å². The summed E-state index contributed by atoms with van der Waals surface area (Å²) < 4.78 is 0.